The van der Waals surface area contributed by atoms with Gasteiger partial charge in [-0.05, 0) is 48.9 Å². The van der Waals surface area contributed by atoms with E-state index < -0.39 is 6.04 Å². The van der Waals surface area contributed by atoms with Gasteiger partial charge in [-0.3, -0.25) is 9.78 Å². The summed E-state index contributed by atoms with van der Waals surface area (Å²) in [5.41, 5.74) is 3.47. The monoisotopic (exact) mass is 468 g/mol. The molecule has 2 aromatic heterocycles. The van der Waals surface area contributed by atoms with Crippen molar-refractivity contribution in [1.82, 2.24) is 19.7 Å². The summed E-state index contributed by atoms with van der Waals surface area (Å²) in [6, 6.07) is 18.0. The second-order valence-corrected chi connectivity index (χ2v) is 7.93. The van der Waals surface area contributed by atoms with Crippen LogP contribution in [0.3, 0.4) is 0 Å². The van der Waals surface area contributed by atoms with Crippen molar-refractivity contribution in [3.63, 3.8) is 0 Å². The van der Waals surface area contributed by atoms with E-state index in [0.29, 0.717) is 34.5 Å². The number of carbonyl (C=O) groups is 1. The van der Waals surface area contributed by atoms with Gasteiger partial charge in [0.05, 0.1) is 25.5 Å². The number of methoxy groups -OCH3 is 2. The topological polar surface area (TPSA) is 103 Å². The lowest BCUT2D eigenvalue weighted by Gasteiger charge is -2.29. The molecule has 0 spiro atoms. The van der Waals surface area contributed by atoms with Crippen molar-refractivity contribution in [2.45, 2.75) is 13.0 Å². The van der Waals surface area contributed by atoms with E-state index in [1.165, 1.54) is 0 Å². The highest BCUT2D eigenvalue weighted by molar-refractivity contribution is 6.06. The lowest BCUT2D eigenvalue weighted by atomic mass is 9.95. The summed E-state index contributed by atoms with van der Waals surface area (Å²) in [7, 11) is 3.19. The fraction of sp³-hybridized carbons (Fsp3) is 0.154. The number of allylic oxidation sites excluding steroid dienone is 1. The molecule has 0 aliphatic carbocycles. The molecule has 1 atom stereocenters. The molecule has 4 aromatic rings. The summed E-state index contributed by atoms with van der Waals surface area (Å²) in [5.74, 6) is 2.11. The third kappa shape index (κ3) is 4.19. The Labute approximate surface area is 202 Å². The van der Waals surface area contributed by atoms with Gasteiger partial charge in [-0.15, -0.1) is 5.10 Å². The van der Waals surface area contributed by atoms with Gasteiger partial charge >= 0.3 is 0 Å². The Kier molecular flexibility index (Phi) is 5.88. The Balaban J connectivity index is 1.60. The van der Waals surface area contributed by atoms with E-state index in [9.17, 15) is 4.79 Å². The Bertz CT molecular complexity index is 1400. The zero-order chi connectivity index (χ0) is 24.4. The van der Waals surface area contributed by atoms with Crippen molar-refractivity contribution >= 4 is 17.5 Å². The minimum absolute atomic E-state index is 0.271. The predicted octanol–water partition coefficient (Wildman–Crippen LogP) is 4.28. The summed E-state index contributed by atoms with van der Waals surface area (Å²) in [6.07, 6.45) is 3.39. The largest absolute Gasteiger partial charge is 0.497 e. The molecule has 1 aliphatic heterocycles. The highest BCUT2D eigenvalue weighted by atomic mass is 16.5. The maximum absolute atomic E-state index is 13.7. The molecule has 1 aliphatic rings. The van der Waals surface area contributed by atoms with Crippen LogP contribution in [0.15, 0.2) is 84.3 Å². The van der Waals surface area contributed by atoms with Gasteiger partial charge in [-0.1, -0.05) is 24.3 Å². The van der Waals surface area contributed by atoms with E-state index in [1.54, 1.807) is 43.4 Å². The van der Waals surface area contributed by atoms with Gasteiger partial charge in [0.1, 0.15) is 17.5 Å². The first-order chi connectivity index (χ1) is 17.1. The zero-order valence-corrected chi connectivity index (χ0v) is 19.5. The first-order valence-corrected chi connectivity index (χ1v) is 11.0. The standard InChI is InChI=1S/C26H24N6O3/c1-16-22(25(33)29-20-6-4-5-7-21(20)35-3)23(17-8-10-19(34-2)11-9-17)32-26(28-16)30-24(31-32)18-12-14-27-15-13-18/h4-15,23H,1-3H3,(H,29,33)(H,28,30,31). The maximum atomic E-state index is 13.7. The average molecular weight is 469 g/mol. The number of amides is 1. The molecule has 35 heavy (non-hydrogen) atoms. The number of para-hydroxylation sites is 2. The number of nitrogens with zero attached hydrogens (tertiary/aromatic N) is 4. The number of pyridine rings is 1. The quantitative estimate of drug-likeness (QED) is 0.435. The first-order valence-electron chi connectivity index (χ1n) is 11.0. The molecule has 0 saturated carbocycles. The molecule has 9 nitrogen and oxygen atoms in total. The number of rotatable bonds is 6. The lowest BCUT2D eigenvalue weighted by Crippen LogP contribution is -2.31. The summed E-state index contributed by atoms with van der Waals surface area (Å²) in [4.78, 5) is 22.4. The molecule has 1 amide bonds. The summed E-state index contributed by atoms with van der Waals surface area (Å²) >= 11 is 0. The molecular weight excluding hydrogens is 444 g/mol. The second-order valence-electron chi connectivity index (χ2n) is 7.93. The second kappa shape index (κ2) is 9.30. The van der Waals surface area contributed by atoms with Crippen molar-refractivity contribution in [2.75, 3.05) is 24.9 Å². The molecule has 0 saturated heterocycles. The SMILES string of the molecule is COc1ccc(C2C(C(=O)Nc3ccccc3OC)=C(C)Nc3nc(-c4ccncc4)nn32)cc1. The number of benzene rings is 2. The first kappa shape index (κ1) is 22.1. The summed E-state index contributed by atoms with van der Waals surface area (Å²) in [6.45, 7) is 1.86. The van der Waals surface area contributed by atoms with E-state index in [0.717, 1.165) is 16.9 Å². The Hall–Kier alpha value is -4.66. The summed E-state index contributed by atoms with van der Waals surface area (Å²) in [5, 5.41) is 11.0. The van der Waals surface area contributed by atoms with Crippen molar-refractivity contribution in [3.8, 4) is 22.9 Å². The van der Waals surface area contributed by atoms with Gasteiger partial charge in [-0.2, -0.15) is 4.98 Å². The number of hydrogen-bond acceptors (Lipinski definition) is 7. The average Bonchev–Trinajstić information content (AvgIpc) is 3.32. The molecule has 0 radical (unpaired) electrons. The molecule has 5 rings (SSSR count). The maximum Gasteiger partial charge on any atom is 0.255 e. The van der Waals surface area contributed by atoms with Gasteiger partial charge in [0.25, 0.3) is 5.91 Å². The number of nitrogens with one attached hydrogen (secondary N) is 2. The normalized spacial score (nSPS) is 14.7. The molecule has 176 valence electrons. The van der Waals surface area contributed by atoms with Crippen molar-refractivity contribution in [1.29, 1.82) is 0 Å². The van der Waals surface area contributed by atoms with E-state index >= 15 is 0 Å². The van der Waals surface area contributed by atoms with E-state index in [2.05, 4.69) is 20.6 Å². The molecule has 9 heteroatoms. The van der Waals surface area contributed by atoms with Crippen LogP contribution in [0.2, 0.25) is 0 Å². The van der Waals surface area contributed by atoms with Crippen molar-refractivity contribution in [3.05, 3.63) is 89.9 Å². The number of fused-ring (bicyclic) bond motifs is 1. The van der Waals surface area contributed by atoms with Crippen LogP contribution in [0.4, 0.5) is 11.6 Å². The van der Waals surface area contributed by atoms with Crippen LogP contribution in [0.1, 0.15) is 18.5 Å². The van der Waals surface area contributed by atoms with Crippen LogP contribution >= 0.6 is 0 Å². The smallest absolute Gasteiger partial charge is 0.255 e. The fourth-order valence-electron chi connectivity index (χ4n) is 4.10. The molecule has 3 heterocycles. The van der Waals surface area contributed by atoms with Gasteiger partial charge in [-0.25, -0.2) is 4.68 Å². The Morgan fingerprint density at radius 1 is 1.00 bits per heavy atom. The molecule has 2 N–H and O–H groups in total. The van der Waals surface area contributed by atoms with Crippen LogP contribution in [-0.2, 0) is 4.79 Å². The number of anilines is 2. The summed E-state index contributed by atoms with van der Waals surface area (Å²) < 4.78 is 12.5. The van der Waals surface area contributed by atoms with Gasteiger partial charge in [0, 0.05) is 23.7 Å². The van der Waals surface area contributed by atoms with E-state index in [4.69, 9.17) is 14.6 Å². The minimum atomic E-state index is -0.519. The molecule has 0 fully saturated rings. The van der Waals surface area contributed by atoms with Gasteiger partial charge in [0.2, 0.25) is 5.95 Å². The van der Waals surface area contributed by atoms with Crippen LogP contribution in [0, 0.1) is 0 Å². The number of carbonyl (C=O) groups excluding carboxylic acids is 1. The zero-order valence-electron chi connectivity index (χ0n) is 19.5. The van der Waals surface area contributed by atoms with Gasteiger partial charge < -0.3 is 20.1 Å². The third-order valence-electron chi connectivity index (χ3n) is 5.82. The number of hydrogen-bond donors (Lipinski definition) is 2. The van der Waals surface area contributed by atoms with E-state index in [1.807, 2.05) is 55.5 Å². The highest BCUT2D eigenvalue weighted by Gasteiger charge is 2.34. The number of ether oxygens (including phenoxy) is 2. The molecule has 2 aromatic carbocycles. The van der Waals surface area contributed by atoms with Gasteiger partial charge in [0.15, 0.2) is 5.82 Å². The molecule has 1 unspecified atom stereocenters. The third-order valence-corrected chi connectivity index (χ3v) is 5.82. The van der Waals surface area contributed by atoms with Crippen LogP contribution in [0.5, 0.6) is 11.5 Å². The molecular formula is C26H24N6O3. The van der Waals surface area contributed by atoms with Crippen LogP contribution in [0.25, 0.3) is 11.4 Å². The van der Waals surface area contributed by atoms with Crippen LogP contribution in [-0.4, -0.2) is 39.9 Å². The Morgan fingerprint density at radius 3 is 2.46 bits per heavy atom. The predicted molar refractivity (Wildman–Crippen MR) is 132 cm³/mol. The Morgan fingerprint density at radius 2 is 1.74 bits per heavy atom. The number of aromatic nitrogens is 4. The fourth-order valence-corrected chi connectivity index (χ4v) is 4.10. The van der Waals surface area contributed by atoms with Crippen molar-refractivity contribution in [2.24, 2.45) is 0 Å². The van der Waals surface area contributed by atoms with Crippen LogP contribution < -0.4 is 20.1 Å². The van der Waals surface area contributed by atoms with Crippen molar-refractivity contribution < 1.29 is 14.3 Å². The molecule has 0 bridgehead atoms. The van der Waals surface area contributed by atoms with E-state index in [-0.39, 0.29) is 5.91 Å². The lowest BCUT2D eigenvalue weighted by molar-refractivity contribution is -0.113. The highest BCUT2D eigenvalue weighted by Crippen LogP contribution is 2.37. The minimum Gasteiger partial charge on any atom is -0.497 e.